The van der Waals surface area contributed by atoms with Gasteiger partial charge in [-0.1, -0.05) is 0 Å². The van der Waals surface area contributed by atoms with Crippen LogP contribution in [0.1, 0.15) is 0 Å². The van der Waals surface area contributed by atoms with Crippen molar-refractivity contribution in [3.63, 3.8) is 0 Å². The van der Waals surface area contributed by atoms with E-state index in [1.807, 2.05) is 28.8 Å². The molecule has 4 rings (SSSR count). The van der Waals surface area contributed by atoms with Crippen molar-refractivity contribution in [2.75, 3.05) is 38.3 Å². The molecule has 7 heteroatoms. The van der Waals surface area contributed by atoms with Gasteiger partial charge in [0.15, 0.2) is 17.0 Å². The van der Waals surface area contributed by atoms with E-state index in [1.54, 1.807) is 12.3 Å². The number of rotatable bonds is 6. The molecule has 2 heterocycles. The van der Waals surface area contributed by atoms with Gasteiger partial charge in [-0.15, -0.1) is 0 Å². The molecule has 3 aromatic rings. The van der Waals surface area contributed by atoms with E-state index in [0.29, 0.717) is 17.5 Å². The lowest BCUT2D eigenvalue weighted by Gasteiger charge is -2.40. The molecule has 1 fully saturated rings. The maximum atomic E-state index is 14.0. The van der Waals surface area contributed by atoms with Crippen LogP contribution in [0.25, 0.3) is 16.6 Å². The molecule has 1 aliphatic rings. The first kappa shape index (κ1) is 18.5. The number of nitrogens with zero attached hydrogens (tertiary/aromatic N) is 2. The van der Waals surface area contributed by atoms with Gasteiger partial charge in [0.2, 0.25) is 0 Å². The van der Waals surface area contributed by atoms with Gasteiger partial charge in [-0.2, -0.15) is 0 Å². The van der Waals surface area contributed by atoms with Crippen LogP contribution in [-0.4, -0.2) is 49.2 Å². The normalized spacial score (nSPS) is 14.3. The minimum Gasteiger partial charge on any atom is -0.494 e. The van der Waals surface area contributed by atoms with Crippen LogP contribution in [0.5, 0.6) is 5.75 Å². The van der Waals surface area contributed by atoms with Crippen LogP contribution in [0.2, 0.25) is 0 Å². The molecule has 1 saturated heterocycles. The van der Waals surface area contributed by atoms with Crippen LogP contribution in [-0.2, 0) is 4.74 Å². The monoisotopic (exact) mass is 384 g/mol. The van der Waals surface area contributed by atoms with E-state index in [-0.39, 0.29) is 23.9 Å². The number of hydrogen-bond acceptors (Lipinski definition) is 5. The van der Waals surface area contributed by atoms with Gasteiger partial charge in [-0.3, -0.25) is 4.79 Å². The van der Waals surface area contributed by atoms with E-state index in [4.69, 9.17) is 14.6 Å². The fraction of sp³-hybridized carbons (Fsp3) is 0.286. The minimum absolute atomic E-state index is 0.0349. The summed E-state index contributed by atoms with van der Waals surface area (Å²) in [6, 6.07) is 12.1. The van der Waals surface area contributed by atoms with Gasteiger partial charge in [0, 0.05) is 48.2 Å². The summed E-state index contributed by atoms with van der Waals surface area (Å²) in [5.74, 6) is -0.464. The molecule has 0 radical (unpaired) electrons. The molecule has 6 nitrogen and oxygen atoms in total. The van der Waals surface area contributed by atoms with Crippen molar-refractivity contribution >= 4 is 16.6 Å². The van der Waals surface area contributed by atoms with Crippen molar-refractivity contribution in [2.24, 2.45) is 0 Å². The highest BCUT2D eigenvalue weighted by Crippen LogP contribution is 2.27. The van der Waals surface area contributed by atoms with E-state index in [2.05, 4.69) is 4.90 Å². The van der Waals surface area contributed by atoms with Gasteiger partial charge >= 0.3 is 0 Å². The lowest BCUT2D eigenvalue weighted by Crippen LogP contribution is -2.52. The summed E-state index contributed by atoms with van der Waals surface area (Å²) < 4.78 is 26.4. The largest absolute Gasteiger partial charge is 0.494 e. The van der Waals surface area contributed by atoms with Crippen LogP contribution >= 0.6 is 0 Å². The standard InChI is InChI=1S/C21H21FN2O4/c1-27-21-11-19-17(10-18(21)22)20(26)6-7-24(19)15-4-2-14(3-5-15)23-12-16(13-23)28-9-8-25/h2-7,10-11,16,25H,8-9,12-13H2,1H3. The molecule has 1 aromatic heterocycles. The van der Waals surface area contributed by atoms with E-state index in [1.165, 1.54) is 19.2 Å². The fourth-order valence-electron chi connectivity index (χ4n) is 3.43. The second kappa shape index (κ2) is 7.61. The molecule has 146 valence electrons. The number of benzene rings is 2. The molecule has 1 aliphatic heterocycles. The molecule has 2 aromatic carbocycles. The number of halogens is 1. The Hall–Kier alpha value is -2.90. The van der Waals surface area contributed by atoms with E-state index in [9.17, 15) is 9.18 Å². The van der Waals surface area contributed by atoms with Gasteiger partial charge in [0.25, 0.3) is 0 Å². The third-order valence-electron chi connectivity index (χ3n) is 4.96. The van der Waals surface area contributed by atoms with E-state index >= 15 is 0 Å². The molecule has 28 heavy (non-hydrogen) atoms. The molecule has 0 atom stereocenters. The van der Waals surface area contributed by atoms with Gasteiger partial charge < -0.3 is 24.0 Å². The Balaban J connectivity index is 1.62. The number of aromatic nitrogens is 1. The molecule has 0 amide bonds. The topological polar surface area (TPSA) is 63.9 Å². The Labute approximate surface area is 161 Å². The third kappa shape index (κ3) is 3.34. The molecule has 0 bridgehead atoms. The predicted octanol–water partition coefficient (Wildman–Crippen LogP) is 2.34. The van der Waals surface area contributed by atoms with E-state index in [0.717, 1.165) is 24.5 Å². The van der Waals surface area contributed by atoms with Crippen LogP contribution in [0.3, 0.4) is 0 Å². The van der Waals surface area contributed by atoms with Crippen molar-refractivity contribution < 1.29 is 19.0 Å². The molecule has 1 N–H and O–H groups in total. The predicted molar refractivity (Wildman–Crippen MR) is 105 cm³/mol. The van der Waals surface area contributed by atoms with Gasteiger partial charge in [0.05, 0.1) is 31.9 Å². The highest BCUT2D eigenvalue weighted by Gasteiger charge is 2.27. The van der Waals surface area contributed by atoms with Crippen molar-refractivity contribution in [1.29, 1.82) is 0 Å². The number of aliphatic hydroxyl groups is 1. The lowest BCUT2D eigenvalue weighted by atomic mass is 10.1. The molecule has 0 saturated carbocycles. The van der Waals surface area contributed by atoms with Crippen LogP contribution in [0.4, 0.5) is 10.1 Å². The maximum absolute atomic E-state index is 14.0. The van der Waals surface area contributed by atoms with Crippen molar-refractivity contribution in [1.82, 2.24) is 4.57 Å². The summed E-state index contributed by atoms with van der Waals surface area (Å²) in [4.78, 5) is 14.3. The summed E-state index contributed by atoms with van der Waals surface area (Å²) in [6.07, 6.45) is 1.83. The number of pyridine rings is 1. The SMILES string of the molecule is COc1cc2c(cc1F)c(=O)ccn2-c1ccc(N2CC(OCCO)C2)cc1. The van der Waals surface area contributed by atoms with Crippen LogP contribution in [0.15, 0.2) is 53.5 Å². The lowest BCUT2D eigenvalue weighted by molar-refractivity contribution is 0.0135. The molecule has 0 unspecified atom stereocenters. The summed E-state index contributed by atoms with van der Waals surface area (Å²) in [5.41, 5.74) is 2.27. The molecule has 0 spiro atoms. The zero-order valence-electron chi connectivity index (χ0n) is 15.5. The minimum atomic E-state index is -0.559. The van der Waals surface area contributed by atoms with Crippen LogP contribution in [0, 0.1) is 5.82 Å². The average Bonchev–Trinajstić information content (AvgIpc) is 2.68. The summed E-state index contributed by atoms with van der Waals surface area (Å²) >= 11 is 0. The molecule has 0 aliphatic carbocycles. The number of ether oxygens (including phenoxy) is 2. The van der Waals surface area contributed by atoms with Crippen molar-refractivity contribution in [3.05, 3.63) is 64.7 Å². The number of aliphatic hydroxyl groups excluding tert-OH is 1. The van der Waals surface area contributed by atoms with Crippen molar-refractivity contribution in [3.8, 4) is 11.4 Å². The first-order valence-corrected chi connectivity index (χ1v) is 9.07. The Bertz CT molecular complexity index is 1040. The average molecular weight is 384 g/mol. The molecular weight excluding hydrogens is 363 g/mol. The summed E-state index contributed by atoms with van der Waals surface area (Å²) in [6.45, 7) is 1.97. The quantitative estimate of drug-likeness (QED) is 0.707. The van der Waals surface area contributed by atoms with Crippen LogP contribution < -0.4 is 15.1 Å². The Morgan fingerprint density at radius 2 is 1.86 bits per heavy atom. The first-order valence-electron chi connectivity index (χ1n) is 9.07. The van der Waals surface area contributed by atoms with Gasteiger partial charge in [0.1, 0.15) is 0 Å². The number of methoxy groups -OCH3 is 1. The number of fused-ring (bicyclic) bond motifs is 1. The smallest absolute Gasteiger partial charge is 0.189 e. The summed E-state index contributed by atoms with van der Waals surface area (Å²) in [7, 11) is 1.40. The molecular formula is C21H21FN2O4. The highest BCUT2D eigenvalue weighted by atomic mass is 19.1. The maximum Gasteiger partial charge on any atom is 0.189 e. The number of hydrogen-bond donors (Lipinski definition) is 1. The highest BCUT2D eigenvalue weighted by molar-refractivity contribution is 5.82. The zero-order chi connectivity index (χ0) is 19.7. The Morgan fingerprint density at radius 3 is 2.54 bits per heavy atom. The first-order chi connectivity index (χ1) is 13.6. The second-order valence-electron chi connectivity index (χ2n) is 6.69. The van der Waals surface area contributed by atoms with Crippen molar-refractivity contribution in [2.45, 2.75) is 6.10 Å². The second-order valence-corrected chi connectivity index (χ2v) is 6.69. The summed E-state index contributed by atoms with van der Waals surface area (Å²) in [5, 5.41) is 9.11. The Kier molecular flexibility index (Phi) is 5.02. The fourth-order valence-corrected chi connectivity index (χ4v) is 3.43. The Morgan fingerprint density at radius 1 is 1.14 bits per heavy atom. The number of anilines is 1. The van der Waals surface area contributed by atoms with Gasteiger partial charge in [-0.25, -0.2) is 4.39 Å². The third-order valence-corrected chi connectivity index (χ3v) is 4.96. The van der Waals surface area contributed by atoms with Gasteiger partial charge in [-0.05, 0) is 30.3 Å². The van der Waals surface area contributed by atoms with E-state index < -0.39 is 5.82 Å². The zero-order valence-corrected chi connectivity index (χ0v) is 15.5.